The Balaban J connectivity index is 1.39. The van der Waals surface area contributed by atoms with Crippen molar-refractivity contribution in [3.8, 4) is 34.5 Å². The monoisotopic (exact) mass is 419 g/mol. The van der Waals surface area contributed by atoms with Crippen molar-refractivity contribution in [3.05, 3.63) is 59.8 Å². The summed E-state index contributed by atoms with van der Waals surface area (Å²) in [7, 11) is 1.65. The number of rotatable bonds is 6. The third-order valence-corrected chi connectivity index (χ3v) is 5.14. The molecule has 1 aliphatic heterocycles. The number of fused-ring (bicyclic) bond motifs is 1. The van der Waals surface area contributed by atoms with Crippen LogP contribution in [0.3, 0.4) is 0 Å². The van der Waals surface area contributed by atoms with Crippen molar-refractivity contribution in [2.24, 2.45) is 0 Å². The van der Waals surface area contributed by atoms with Gasteiger partial charge in [-0.25, -0.2) is 4.68 Å². The van der Waals surface area contributed by atoms with Crippen LogP contribution < -0.4 is 9.47 Å². The molecule has 0 N–H and O–H groups in total. The highest BCUT2D eigenvalue weighted by Gasteiger charge is 2.28. The molecule has 9 heteroatoms. The molecule has 31 heavy (non-hydrogen) atoms. The third-order valence-electron chi connectivity index (χ3n) is 5.14. The molecule has 0 spiro atoms. The minimum Gasteiger partial charge on any atom is -0.497 e. The number of hydrogen-bond donors (Lipinski definition) is 0. The van der Waals surface area contributed by atoms with Gasteiger partial charge >= 0.3 is 0 Å². The molecule has 0 aliphatic carbocycles. The standard InChI is InChI=1S/C22H21N5O4/c1-3-29-18-7-5-4-6-16(18)21-23-22(31-25-21)20-17-13-30-19(12-27(17)26-24-20)14-8-10-15(28-2)11-9-14/h4-11,19H,3,12-13H2,1-2H3/t19-/m1/s1. The van der Waals surface area contributed by atoms with E-state index in [2.05, 4.69) is 20.5 Å². The van der Waals surface area contributed by atoms with Gasteiger partial charge in [0.1, 0.15) is 17.6 Å². The van der Waals surface area contributed by atoms with Gasteiger partial charge in [-0.15, -0.1) is 5.10 Å². The van der Waals surface area contributed by atoms with E-state index >= 15 is 0 Å². The molecule has 2 aromatic heterocycles. The Morgan fingerprint density at radius 2 is 1.97 bits per heavy atom. The second-order valence-corrected chi connectivity index (χ2v) is 6.99. The Kier molecular flexibility index (Phi) is 5.09. The van der Waals surface area contributed by atoms with Crippen molar-refractivity contribution in [2.75, 3.05) is 13.7 Å². The maximum atomic E-state index is 6.08. The highest BCUT2D eigenvalue weighted by Crippen LogP contribution is 2.33. The molecule has 0 saturated carbocycles. The number of para-hydroxylation sites is 1. The van der Waals surface area contributed by atoms with Gasteiger partial charge in [0, 0.05) is 0 Å². The topological polar surface area (TPSA) is 97.3 Å². The molecule has 0 unspecified atom stereocenters. The average Bonchev–Trinajstić information content (AvgIpc) is 3.46. The molecule has 4 aromatic rings. The van der Waals surface area contributed by atoms with Gasteiger partial charge in [0.05, 0.1) is 38.1 Å². The van der Waals surface area contributed by atoms with Crippen LogP contribution in [0.5, 0.6) is 11.5 Å². The largest absolute Gasteiger partial charge is 0.497 e. The van der Waals surface area contributed by atoms with Crippen LogP contribution in [-0.2, 0) is 17.9 Å². The summed E-state index contributed by atoms with van der Waals surface area (Å²) >= 11 is 0. The van der Waals surface area contributed by atoms with E-state index in [-0.39, 0.29) is 6.10 Å². The highest BCUT2D eigenvalue weighted by atomic mass is 16.5. The molecule has 0 radical (unpaired) electrons. The molecule has 1 atom stereocenters. The molecule has 3 heterocycles. The Morgan fingerprint density at radius 3 is 2.77 bits per heavy atom. The normalized spacial score (nSPS) is 15.5. The summed E-state index contributed by atoms with van der Waals surface area (Å²) in [4.78, 5) is 4.53. The van der Waals surface area contributed by atoms with Crippen molar-refractivity contribution in [1.82, 2.24) is 25.1 Å². The molecule has 2 aromatic carbocycles. The molecular formula is C22H21N5O4. The first-order valence-corrected chi connectivity index (χ1v) is 10.0. The summed E-state index contributed by atoms with van der Waals surface area (Å²) < 4.78 is 24.3. The number of ether oxygens (including phenoxy) is 3. The fourth-order valence-corrected chi connectivity index (χ4v) is 3.56. The van der Waals surface area contributed by atoms with E-state index in [9.17, 15) is 0 Å². The van der Waals surface area contributed by atoms with Gasteiger partial charge in [-0.1, -0.05) is 34.6 Å². The van der Waals surface area contributed by atoms with Crippen molar-refractivity contribution < 1.29 is 18.7 Å². The Hall–Kier alpha value is -3.72. The Morgan fingerprint density at radius 1 is 1.13 bits per heavy atom. The van der Waals surface area contributed by atoms with Gasteiger partial charge in [-0.2, -0.15) is 4.98 Å². The smallest absolute Gasteiger partial charge is 0.280 e. The Bertz CT molecular complexity index is 1180. The first-order valence-electron chi connectivity index (χ1n) is 10.0. The van der Waals surface area contributed by atoms with Gasteiger partial charge < -0.3 is 18.7 Å². The average molecular weight is 419 g/mol. The molecular weight excluding hydrogens is 398 g/mol. The van der Waals surface area contributed by atoms with Gasteiger partial charge in [0.2, 0.25) is 5.82 Å². The fraction of sp³-hybridized carbons (Fsp3) is 0.273. The second-order valence-electron chi connectivity index (χ2n) is 6.99. The van der Waals surface area contributed by atoms with E-state index < -0.39 is 0 Å². The molecule has 0 fully saturated rings. The highest BCUT2D eigenvalue weighted by molar-refractivity contribution is 5.65. The quantitative estimate of drug-likeness (QED) is 0.467. The summed E-state index contributed by atoms with van der Waals surface area (Å²) in [5.74, 6) is 2.25. The van der Waals surface area contributed by atoms with Crippen LogP contribution in [0.15, 0.2) is 53.1 Å². The van der Waals surface area contributed by atoms with E-state index in [0.29, 0.717) is 42.9 Å². The van der Waals surface area contributed by atoms with Gasteiger partial charge in [-0.05, 0) is 36.8 Å². The number of methoxy groups -OCH3 is 1. The maximum Gasteiger partial charge on any atom is 0.280 e. The van der Waals surface area contributed by atoms with E-state index in [1.165, 1.54) is 0 Å². The zero-order valence-corrected chi connectivity index (χ0v) is 17.2. The zero-order valence-electron chi connectivity index (χ0n) is 17.2. The SMILES string of the molecule is CCOc1ccccc1-c1noc(-c2nnn3c2CO[C@@H](c2ccc(OC)cc2)C3)n1. The lowest BCUT2D eigenvalue weighted by atomic mass is 10.1. The molecule has 1 aliphatic rings. The third kappa shape index (κ3) is 3.64. The lowest BCUT2D eigenvalue weighted by Crippen LogP contribution is -2.22. The van der Waals surface area contributed by atoms with Gasteiger partial charge in [0.25, 0.3) is 5.89 Å². The minimum absolute atomic E-state index is 0.121. The zero-order chi connectivity index (χ0) is 21.2. The number of benzene rings is 2. The lowest BCUT2D eigenvalue weighted by Gasteiger charge is -2.24. The minimum atomic E-state index is -0.121. The van der Waals surface area contributed by atoms with Gasteiger partial charge in [-0.3, -0.25) is 0 Å². The molecule has 158 valence electrons. The van der Waals surface area contributed by atoms with E-state index in [4.69, 9.17) is 18.7 Å². The molecule has 0 bridgehead atoms. The van der Waals surface area contributed by atoms with Crippen LogP contribution in [0.1, 0.15) is 24.3 Å². The van der Waals surface area contributed by atoms with Crippen LogP contribution in [0.2, 0.25) is 0 Å². The lowest BCUT2D eigenvalue weighted by molar-refractivity contribution is -0.00119. The molecule has 0 saturated heterocycles. The first-order chi connectivity index (χ1) is 15.3. The van der Waals surface area contributed by atoms with E-state index in [1.54, 1.807) is 7.11 Å². The molecule has 5 rings (SSSR count). The maximum absolute atomic E-state index is 6.08. The van der Waals surface area contributed by atoms with Crippen molar-refractivity contribution in [1.29, 1.82) is 0 Å². The predicted molar refractivity (Wildman–Crippen MR) is 110 cm³/mol. The number of hydrogen-bond acceptors (Lipinski definition) is 8. The van der Waals surface area contributed by atoms with Crippen LogP contribution in [0, 0.1) is 0 Å². The molecule has 0 amide bonds. The first kappa shape index (κ1) is 19.3. The summed E-state index contributed by atoms with van der Waals surface area (Å²) in [5, 5.41) is 12.7. The van der Waals surface area contributed by atoms with E-state index in [0.717, 1.165) is 22.6 Å². The summed E-state index contributed by atoms with van der Waals surface area (Å²) in [6.45, 7) is 3.36. The summed E-state index contributed by atoms with van der Waals surface area (Å²) in [6, 6.07) is 15.4. The number of aromatic nitrogens is 5. The van der Waals surface area contributed by atoms with Crippen LogP contribution in [0.25, 0.3) is 23.0 Å². The Labute approximate surface area is 178 Å². The fourth-order valence-electron chi connectivity index (χ4n) is 3.56. The second kappa shape index (κ2) is 8.19. The van der Waals surface area contributed by atoms with Crippen LogP contribution in [-0.4, -0.2) is 38.9 Å². The number of nitrogens with zero attached hydrogens (tertiary/aromatic N) is 5. The van der Waals surface area contributed by atoms with Crippen LogP contribution >= 0.6 is 0 Å². The van der Waals surface area contributed by atoms with Gasteiger partial charge in [0.15, 0.2) is 5.69 Å². The van der Waals surface area contributed by atoms with Crippen molar-refractivity contribution in [3.63, 3.8) is 0 Å². The summed E-state index contributed by atoms with van der Waals surface area (Å²) in [5.41, 5.74) is 3.14. The van der Waals surface area contributed by atoms with Crippen molar-refractivity contribution >= 4 is 0 Å². The molecule has 9 nitrogen and oxygen atoms in total. The summed E-state index contributed by atoms with van der Waals surface area (Å²) in [6.07, 6.45) is -0.121. The van der Waals surface area contributed by atoms with E-state index in [1.807, 2.05) is 60.1 Å². The van der Waals surface area contributed by atoms with Crippen LogP contribution in [0.4, 0.5) is 0 Å². The van der Waals surface area contributed by atoms with Crippen molar-refractivity contribution in [2.45, 2.75) is 26.2 Å². The predicted octanol–water partition coefficient (Wildman–Crippen LogP) is 3.67.